The molecule has 172 valence electrons. The van der Waals surface area contributed by atoms with Crippen LogP contribution in [0.3, 0.4) is 0 Å². The zero-order valence-corrected chi connectivity index (χ0v) is 20.4. The third-order valence-electron chi connectivity index (χ3n) is 5.77. The van der Waals surface area contributed by atoms with E-state index in [1.165, 1.54) is 16.4 Å². The van der Waals surface area contributed by atoms with Crippen LogP contribution in [0, 0.1) is 11.3 Å². The Morgan fingerprint density at radius 1 is 0.968 bits per heavy atom. The van der Waals surface area contributed by atoms with E-state index < -0.39 is 15.4 Å². The fourth-order valence-electron chi connectivity index (χ4n) is 4.10. The van der Waals surface area contributed by atoms with Gasteiger partial charge in [-0.1, -0.05) is 50.0 Å². The van der Waals surface area contributed by atoms with Gasteiger partial charge in [0.25, 0.3) is 0 Å². The van der Waals surface area contributed by atoms with E-state index in [1.54, 1.807) is 15.9 Å². The van der Waals surface area contributed by atoms with Gasteiger partial charge in [-0.15, -0.1) is 0 Å². The van der Waals surface area contributed by atoms with Gasteiger partial charge in [-0.05, 0) is 25.0 Å². The second kappa shape index (κ2) is 9.25. The van der Waals surface area contributed by atoms with Crippen LogP contribution in [0.25, 0.3) is 0 Å². The third-order valence-corrected chi connectivity index (χ3v) is 8.62. The maximum Gasteiger partial charge on any atom is 0.246 e. The van der Waals surface area contributed by atoms with Gasteiger partial charge in [-0.25, -0.2) is 8.42 Å². The van der Waals surface area contributed by atoms with Crippen molar-refractivity contribution in [3.05, 3.63) is 28.2 Å². The minimum atomic E-state index is -3.86. The van der Waals surface area contributed by atoms with E-state index in [0.29, 0.717) is 26.2 Å². The van der Waals surface area contributed by atoms with E-state index >= 15 is 0 Å². The molecule has 0 aromatic heterocycles. The Labute approximate surface area is 194 Å². The van der Waals surface area contributed by atoms with Crippen molar-refractivity contribution in [1.29, 1.82) is 0 Å². The molecule has 2 amide bonds. The zero-order chi connectivity index (χ0) is 23.0. The summed E-state index contributed by atoms with van der Waals surface area (Å²) in [5, 5.41) is 0.161. The molecule has 0 spiro atoms. The Kier molecular flexibility index (Phi) is 7.25. The number of benzene rings is 1. The van der Waals surface area contributed by atoms with Crippen molar-refractivity contribution in [2.24, 2.45) is 11.3 Å². The molecule has 0 radical (unpaired) electrons. The summed E-state index contributed by atoms with van der Waals surface area (Å²) in [7, 11) is -3.86. The van der Waals surface area contributed by atoms with Crippen LogP contribution in [0.2, 0.25) is 10.0 Å². The molecule has 0 aliphatic carbocycles. The van der Waals surface area contributed by atoms with Gasteiger partial charge < -0.3 is 9.80 Å². The van der Waals surface area contributed by atoms with Crippen LogP contribution >= 0.6 is 23.2 Å². The lowest BCUT2D eigenvalue weighted by Gasteiger charge is -2.40. The first-order valence-electron chi connectivity index (χ1n) is 10.5. The number of nitrogens with zero attached hydrogens (tertiary/aromatic N) is 3. The second-order valence-corrected chi connectivity index (χ2v) is 11.8. The number of likely N-dealkylation sites (tertiary alicyclic amines) is 1. The van der Waals surface area contributed by atoms with E-state index in [9.17, 15) is 18.0 Å². The number of piperazine rings is 1. The molecular formula is C21H29Cl2N3O4S. The van der Waals surface area contributed by atoms with Gasteiger partial charge in [0.2, 0.25) is 21.8 Å². The van der Waals surface area contributed by atoms with Crippen molar-refractivity contribution < 1.29 is 18.0 Å². The molecule has 0 bridgehead atoms. The molecule has 1 atom stereocenters. The lowest BCUT2D eigenvalue weighted by Crippen LogP contribution is -2.54. The predicted molar refractivity (Wildman–Crippen MR) is 121 cm³/mol. The smallest absolute Gasteiger partial charge is 0.246 e. The first kappa shape index (κ1) is 24.3. The van der Waals surface area contributed by atoms with Crippen molar-refractivity contribution >= 4 is 45.0 Å². The van der Waals surface area contributed by atoms with Gasteiger partial charge in [-0.3, -0.25) is 9.59 Å². The molecule has 2 aliphatic rings. The van der Waals surface area contributed by atoms with E-state index in [-0.39, 0.29) is 45.8 Å². The summed E-state index contributed by atoms with van der Waals surface area (Å²) in [5.74, 6) is -0.210. The van der Waals surface area contributed by atoms with Crippen LogP contribution in [-0.4, -0.2) is 73.6 Å². The monoisotopic (exact) mass is 489 g/mol. The average molecular weight is 490 g/mol. The molecule has 31 heavy (non-hydrogen) atoms. The Morgan fingerprint density at radius 3 is 2.10 bits per heavy atom. The Hall–Kier alpha value is -1.35. The number of piperidine rings is 1. The largest absolute Gasteiger partial charge is 0.341 e. The summed E-state index contributed by atoms with van der Waals surface area (Å²) in [4.78, 5) is 29.1. The molecule has 0 saturated carbocycles. The number of rotatable bonds is 3. The molecule has 2 aliphatic heterocycles. The van der Waals surface area contributed by atoms with E-state index in [2.05, 4.69) is 0 Å². The summed E-state index contributed by atoms with van der Waals surface area (Å²) < 4.78 is 27.4. The highest BCUT2D eigenvalue weighted by atomic mass is 35.5. The van der Waals surface area contributed by atoms with Crippen molar-refractivity contribution in [3.63, 3.8) is 0 Å². The summed E-state index contributed by atoms with van der Waals surface area (Å²) in [6, 6.07) is 4.58. The van der Waals surface area contributed by atoms with Crippen LogP contribution in [0.5, 0.6) is 0 Å². The van der Waals surface area contributed by atoms with Gasteiger partial charge in [0, 0.05) is 44.7 Å². The molecule has 10 heteroatoms. The molecule has 2 saturated heterocycles. The first-order chi connectivity index (χ1) is 14.4. The maximum atomic E-state index is 13.1. The quantitative estimate of drug-likeness (QED) is 0.653. The fraction of sp³-hybridized carbons (Fsp3) is 0.619. The number of carbonyl (C=O) groups excluding carboxylic acids is 2. The third kappa shape index (κ3) is 5.18. The number of amides is 2. The first-order valence-corrected chi connectivity index (χ1v) is 12.6. The van der Waals surface area contributed by atoms with Gasteiger partial charge in [0.05, 0.1) is 16.0 Å². The van der Waals surface area contributed by atoms with Crippen LogP contribution in [-0.2, 0) is 19.6 Å². The fourth-order valence-corrected chi connectivity index (χ4v) is 6.62. The Balaban J connectivity index is 1.64. The standard InChI is InChI=1S/C21H29Cl2N3O4S/c1-21(2,3)20(28)25-9-5-6-15(14-25)19(27)24-10-12-26(13-11-24)31(29,30)18-16(22)7-4-8-17(18)23/h4,7-8,15H,5-6,9-14H2,1-3H3. The minimum absolute atomic E-state index is 0.0146. The molecule has 2 heterocycles. The molecule has 1 aromatic rings. The molecule has 1 unspecified atom stereocenters. The van der Waals surface area contributed by atoms with Crippen molar-refractivity contribution in [2.45, 2.75) is 38.5 Å². The molecule has 1 aromatic carbocycles. The number of sulfonamides is 1. The van der Waals surface area contributed by atoms with E-state index in [0.717, 1.165) is 12.8 Å². The van der Waals surface area contributed by atoms with Gasteiger partial charge >= 0.3 is 0 Å². The molecular weight excluding hydrogens is 461 g/mol. The van der Waals surface area contributed by atoms with E-state index in [4.69, 9.17) is 23.2 Å². The summed E-state index contributed by atoms with van der Waals surface area (Å²) in [6.45, 7) is 7.67. The number of carbonyl (C=O) groups is 2. The Morgan fingerprint density at radius 2 is 1.55 bits per heavy atom. The maximum absolute atomic E-state index is 13.1. The highest BCUT2D eigenvalue weighted by Crippen LogP contribution is 2.32. The molecule has 2 fully saturated rings. The van der Waals surface area contributed by atoms with Gasteiger partial charge in [0.1, 0.15) is 4.90 Å². The molecule has 7 nitrogen and oxygen atoms in total. The molecule has 0 N–H and O–H groups in total. The highest BCUT2D eigenvalue weighted by Gasteiger charge is 2.37. The lowest BCUT2D eigenvalue weighted by molar-refractivity contribution is -0.145. The lowest BCUT2D eigenvalue weighted by atomic mass is 9.90. The molecule has 3 rings (SSSR count). The SMILES string of the molecule is CC(C)(C)C(=O)N1CCCC(C(=O)N2CCN(S(=O)(=O)c3c(Cl)cccc3Cl)CC2)C1. The minimum Gasteiger partial charge on any atom is -0.341 e. The number of hydrogen-bond acceptors (Lipinski definition) is 4. The van der Waals surface area contributed by atoms with Crippen molar-refractivity contribution in [3.8, 4) is 0 Å². The van der Waals surface area contributed by atoms with Crippen LogP contribution in [0.15, 0.2) is 23.1 Å². The summed E-state index contributed by atoms with van der Waals surface area (Å²) >= 11 is 12.2. The highest BCUT2D eigenvalue weighted by molar-refractivity contribution is 7.89. The topological polar surface area (TPSA) is 78.0 Å². The van der Waals surface area contributed by atoms with Crippen molar-refractivity contribution in [2.75, 3.05) is 39.3 Å². The van der Waals surface area contributed by atoms with Crippen LogP contribution < -0.4 is 0 Å². The summed E-state index contributed by atoms with van der Waals surface area (Å²) in [5.41, 5.74) is -0.481. The number of halogens is 2. The predicted octanol–water partition coefficient (Wildman–Crippen LogP) is 3.11. The Bertz CT molecular complexity index is 934. The normalized spacial score (nSPS) is 21.3. The zero-order valence-electron chi connectivity index (χ0n) is 18.1. The second-order valence-electron chi connectivity index (χ2n) is 9.12. The van der Waals surface area contributed by atoms with Crippen LogP contribution in [0.4, 0.5) is 0 Å². The van der Waals surface area contributed by atoms with Crippen LogP contribution in [0.1, 0.15) is 33.6 Å². The van der Waals surface area contributed by atoms with Gasteiger partial charge in [0.15, 0.2) is 0 Å². The van der Waals surface area contributed by atoms with E-state index in [1.807, 2.05) is 20.8 Å². The summed E-state index contributed by atoms with van der Waals surface area (Å²) in [6.07, 6.45) is 1.53. The van der Waals surface area contributed by atoms with Crippen molar-refractivity contribution in [1.82, 2.24) is 14.1 Å². The average Bonchev–Trinajstić information content (AvgIpc) is 2.72. The number of hydrogen-bond donors (Lipinski definition) is 0. The van der Waals surface area contributed by atoms with Gasteiger partial charge in [-0.2, -0.15) is 4.31 Å².